The van der Waals surface area contributed by atoms with E-state index in [1.54, 1.807) is 6.08 Å². The molecular weight excluding hydrogens is 510 g/mol. The Morgan fingerprint density at radius 2 is 1.46 bits per heavy atom. The highest BCUT2D eigenvalue weighted by molar-refractivity contribution is 6.06. The first-order chi connectivity index (χ1) is 19.5. The summed E-state index contributed by atoms with van der Waals surface area (Å²) < 4.78 is 11.9. The van der Waals surface area contributed by atoms with Gasteiger partial charge < -0.3 is 14.4 Å². The number of rotatable bonds is 9. The second kappa shape index (κ2) is 11.3. The van der Waals surface area contributed by atoms with E-state index >= 15 is 0 Å². The minimum Gasteiger partial charge on any atom is -0.490 e. The van der Waals surface area contributed by atoms with E-state index in [9.17, 15) is 9.59 Å². The maximum Gasteiger partial charge on any atom is 0.162 e. The molecule has 0 spiro atoms. The molecule has 0 N–H and O–H groups in total. The molecule has 0 aromatic heterocycles. The van der Waals surface area contributed by atoms with Crippen LogP contribution in [0.3, 0.4) is 0 Å². The van der Waals surface area contributed by atoms with Gasteiger partial charge in [-0.25, -0.2) is 0 Å². The standard InChI is InChI=1S/C36H43NO4/c1-7-18-41-30-15-14-25(19-31(30)40-8-2)32-33-26(20-35(3,4)22-28(33)38)37(17-16-24-12-10-9-11-13-24)27-21-36(5,6)23-29(39)34(27)32/h7,9-15,19,32H,1,8,16-18,20-23H2,2-6H3. The van der Waals surface area contributed by atoms with Crippen molar-refractivity contribution in [2.45, 2.75) is 72.6 Å². The third-order valence-corrected chi connectivity index (χ3v) is 8.45. The van der Waals surface area contributed by atoms with Crippen LogP contribution in [0.1, 0.15) is 77.3 Å². The van der Waals surface area contributed by atoms with E-state index in [1.807, 2.05) is 31.2 Å². The van der Waals surface area contributed by atoms with Crippen LogP contribution in [-0.4, -0.2) is 36.2 Å². The first-order valence-corrected chi connectivity index (χ1v) is 14.9. The number of Topliss-reactive ketones (excluding diaryl/α,β-unsaturated/α-hetero) is 2. The van der Waals surface area contributed by atoms with Crippen LogP contribution in [-0.2, 0) is 16.0 Å². The lowest BCUT2D eigenvalue weighted by Crippen LogP contribution is -2.45. The lowest BCUT2D eigenvalue weighted by atomic mass is 9.63. The summed E-state index contributed by atoms with van der Waals surface area (Å²) in [6.45, 7) is 16.0. The van der Waals surface area contributed by atoms with Gasteiger partial charge in [0.1, 0.15) is 6.61 Å². The van der Waals surface area contributed by atoms with Crippen molar-refractivity contribution in [3.05, 3.63) is 94.9 Å². The van der Waals surface area contributed by atoms with Crippen LogP contribution in [0.2, 0.25) is 0 Å². The summed E-state index contributed by atoms with van der Waals surface area (Å²) >= 11 is 0. The highest BCUT2D eigenvalue weighted by atomic mass is 16.5. The zero-order valence-corrected chi connectivity index (χ0v) is 25.2. The number of nitrogens with zero attached hydrogens (tertiary/aromatic N) is 1. The topological polar surface area (TPSA) is 55.8 Å². The molecular formula is C36H43NO4. The van der Waals surface area contributed by atoms with Crippen LogP contribution in [0, 0.1) is 10.8 Å². The maximum absolute atomic E-state index is 14.1. The van der Waals surface area contributed by atoms with Crippen molar-refractivity contribution in [2.75, 3.05) is 19.8 Å². The van der Waals surface area contributed by atoms with E-state index in [2.05, 4.69) is 63.4 Å². The third kappa shape index (κ3) is 5.91. The average Bonchev–Trinajstić information content (AvgIpc) is 2.90. The highest BCUT2D eigenvalue weighted by Gasteiger charge is 2.49. The Kier molecular flexibility index (Phi) is 8.00. The zero-order chi connectivity index (χ0) is 29.4. The van der Waals surface area contributed by atoms with Gasteiger partial charge in [0, 0.05) is 47.8 Å². The van der Waals surface area contributed by atoms with Gasteiger partial charge in [-0.15, -0.1) is 0 Å². The lowest BCUT2D eigenvalue weighted by molar-refractivity contribution is -0.119. The van der Waals surface area contributed by atoms with E-state index in [0.29, 0.717) is 37.6 Å². The average molecular weight is 554 g/mol. The van der Waals surface area contributed by atoms with Crippen molar-refractivity contribution < 1.29 is 19.1 Å². The van der Waals surface area contributed by atoms with Gasteiger partial charge in [0.05, 0.1) is 6.61 Å². The summed E-state index contributed by atoms with van der Waals surface area (Å²) in [5, 5.41) is 0. The number of ketones is 2. The van der Waals surface area contributed by atoms with Gasteiger partial charge in [-0.1, -0.05) is 76.7 Å². The molecule has 5 rings (SSSR count). The summed E-state index contributed by atoms with van der Waals surface area (Å²) in [5.74, 6) is 1.12. The predicted octanol–water partition coefficient (Wildman–Crippen LogP) is 7.58. The van der Waals surface area contributed by atoms with Crippen LogP contribution in [0.15, 0.2) is 83.7 Å². The third-order valence-electron chi connectivity index (χ3n) is 8.45. The molecule has 1 aliphatic heterocycles. The molecule has 0 fully saturated rings. The Morgan fingerprint density at radius 3 is 2.02 bits per heavy atom. The first-order valence-electron chi connectivity index (χ1n) is 14.9. The smallest absolute Gasteiger partial charge is 0.162 e. The summed E-state index contributed by atoms with van der Waals surface area (Å²) in [7, 11) is 0. The van der Waals surface area contributed by atoms with Crippen LogP contribution >= 0.6 is 0 Å². The number of carbonyl (C=O) groups is 2. The molecule has 216 valence electrons. The normalized spacial score (nSPS) is 20.1. The Balaban J connectivity index is 1.69. The van der Waals surface area contributed by atoms with Crippen molar-refractivity contribution in [1.82, 2.24) is 4.90 Å². The fraction of sp³-hybridized carbons (Fsp3) is 0.444. The molecule has 5 heteroatoms. The van der Waals surface area contributed by atoms with Gasteiger partial charge in [-0.2, -0.15) is 0 Å². The molecule has 0 saturated heterocycles. The number of carbonyl (C=O) groups excluding carboxylic acids is 2. The Bertz CT molecular complexity index is 1360. The Labute approximate surface area is 244 Å². The van der Waals surface area contributed by atoms with E-state index in [-0.39, 0.29) is 22.4 Å². The van der Waals surface area contributed by atoms with Crippen LogP contribution < -0.4 is 9.47 Å². The number of benzene rings is 2. The van der Waals surface area contributed by atoms with Crippen molar-refractivity contribution in [1.29, 1.82) is 0 Å². The quantitative estimate of drug-likeness (QED) is 0.300. The van der Waals surface area contributed by atoms with E-state index in [1.165, 1.54) is 5.56 Å². The minimum absolute atomic E-state index is 0.139. The summed E-state index contributed by atoms with van der Waals surface area (Å²) in [4.78, 5) is 30.5. The molecule has 0 unspecified atom stereocenters. The molecule has 2 aromatic carbocycles. The molecule has 0 radical (unpaired) electrons. The van der Waals surface area contributed by atoms with E-state index in [0.717, 1.165) is 53.9 Å². The number of hydrogen-bond donors (Lipinski definition) is 0. The molecule has 0 atom stereocenters. The molecule has 2 aliphatic carbocycles. The maximum atomic E-state index is 14.1. The molecule has 0 bridgehead atoms. The predicted molar refractivity (Wildman–Crippen MR) is 163 cm³/mol. The van der Waals surface area contributed by atoms with Crippen molar-refractivity contribution >= 4 is 11.6 Å². The fourth-order valence-corrected chi connectivity index (χ4v) is 6.78. The number of allylic oxidation sites excluding steroid dienone is 4. The van der Waals surface area contributed by atoms with Gasteiger partial charge in [0.2, 0.25) is 0 Å². The second-order valence-corrected chi connectivity index (χ2v) is 13.2. The van der Waals surface area contributed by atoms with Crippen molar-refractivity contribution in [2.24, 2.45) is 10.8 Å². The van der Waals surface area contributed by atoms with Crippen molar-refractivity contribution in [3.63, 3.8) is 0 Å². The Hall–Kier alpha value is -3.60. The van der Waals surface area contributed by atoms with Gasteiger partial charge >= 0.3 is 0 Å². The van der Waals surface area contributed by atoms with E-state index < -0.39 is 5.92 Å². The monoisotopic (exact) mass is 553 g/mol. The van der Waals surface area contributed by atoms with Gasteiger partial charge in [0.15, 0.2) is 23.1 Å². The zero-order valence-electron chi connectivity index (χ0n) is 25.2. The van der Waals surface area contributed by atoms with Gasteiger partial charge in [0.25, 0.3) is 0 Å². The Morgan fingerprint density at radius 1 is 0.854 bits per heavy atom. The summed E-state index contributed by atoms with van der Waals surface area (Å²) in [6, 6.07) is 16.3. The second-order valence-electron chi connectivity index (χ2n) is 13.2. The molecule has 5 nitrogen and oxygen atoms in total. The molecule has 3 aliphatic rings. The van der Waals surface area contributed by atoms with E-state index in [4.69, 9.17) is 9.47 Å². The SMILES string of the molecule is C=CCOc1ccc(C2C3=C(CC(C)(C)CC3=O)N(CCc3ccccc3)C3=C2C(=O)CC(C)(C)C3)cc1OCC. The van der Waals surface area contributed by atoms with Crippen LogP contribution in [0.5, 0.6) is 11.5 Å². The molecule has 41 heavy (non-hydrogen) atoms. The number of hydrogen-bond acceptors (Lipinski definition) is 5. The van der Waals surface area contributed by atoms with Gasteiger partial charge in [-0.3, -0.25) is 9.59 Å². The lowest BCUT2D eigenvalue weighted by Gasteiger charge is -2.49. The van der Waals surface area contributed by atoms with Crippen LogP contribution in [0.4, 0.5) is 0 Å². The summed E-state index contributed by atoms with van der Waals surface area (Å²) in [6.07, 6.45) is 5.07. The number of ether oxygens (including phenoxy) is 2. The fourth-order valence-electron chi connectivity index (χ4n) is 6.78. The molecule has 0 amide bonds. The molecule has 0 saturated carbocycles. The first kappa shape index (κ1) is 28.9. The van der Waals surface area contributed by atoms with Crippen molar-refractivity contribution in [3.8, 4) is 11.5 Å². The van der Waals surface area contributed by atoms with Crippen LogP contribution in [0.25, 0.3) is 0 Å². The summed E-state index contributed by atoms with van der Waals surface area (Å²) in [5.41, 5.74) is 5.58. The minimum atomic E-state index is -0.409. The van der Waals surface area contributed by atoms with Gasteiger partial charge in [-0.05, 0) is 60.3 Å². The highest BCUT2D eigenvalue weighted by Crippen LogP contribution is 2.55. The molecule has 2 aromatic rings. The molecule has 1 heterocycles. The largest absolute Gasteiger partial charge is 0.490 e.